The van der Waals surface area contributed by atoms with E-state index < -0.39 is 11.3 Å². The molecule has 11 heteroatoms. The predicted molar refractivity (Wildman–Crippen MR) is 165 cm³/mol. The molecule has 1 N–H and O–H groups in total. The first kappa shape index (κ1) is 28.8. The molecule has 11 nitrogen and oxygen atoms in total. The summed E-state index contributed by atoms with van der Waals surface area (Å²) in [5.41, 5.74) is 2.62. The van der Waals surface area contributed by atoms with Crippen molar-refractivity contribution in [1.29, 1.82) is 0 Å². The molecule has 0 radical (unpaired) electrons. The highest BCUT2D eigenvalue weighted by atomic mass is 16.5. The van der Waals surface area contributed by atoms with Crippen LogP contribution in [-0.4, -0.2) is 53.1 Å². The zero-order valence-electron chi connectivity index (χ0n) is 24.6. The van der Waals surface area contributed by atoms with Gasteiger partial charge < -0.3 is 24.3 Å². The Morgan fingerprint density at radius 2 is 1.70 bits per heavy atom. The van der Waals surface area contributed by atoms with Crippen molar-refractivity contribution < 1.29 is 23.7 Å². The molecule has 0 saturated carbocycles. The fourth-order valence-corrected chi connectivity index (χ4v) is 5.09. The van der Waals surface area contributed by atoms with Crippen LogP contribution in [0.1, 0.15) is 34.9 Å². The van der Waals surface area contributed by atoms with Crippen molar-refractivity contribution in [2.75, 3.05) is 32.8 Å². The highest BCUT2D eigenvalue weighted by molar-refractivity contribution is 6.03. The van der Waals surface area contributed by atoms with Crippen molar-refractivity contribution in [2.24, 2.45) is 0 Å². The highest BCUT2D eigenvalue weighted by Gasteiger charge is 2.23. The number of carbonyl (C=O) groups excluding carboxylic acids is 1. The Morgan fingerprint density at radius 3 is 2.41 bits per heavy atom. The van der Waals surface area contributed by atoms with Crippen LogP contribution >= 0.6 is 0 Å². The van der Waals surface area contributed by atoms with Crippen LogP contribution in [0.2, 0.25) is 0 Å². The summed E-state index contributed by atoms with van der Waals surface area (Å²) < 4.78 is 24.1. The molecule has 224 valence electrons. The summed E-state index contributed by atoms with van der Waals surface area (Å²) in [6.07, 6.45) is 6.30. The lowest BCUT2D eigenvalue weighted by Crippen LogP contribution is -2.30. The largest absolute Gasteiger partial charge is 0.493 e. The van der Waals surface area contributed by atoms with E-state index in [0.29, 0.717) is 58.5 Å². The van der Waals surface area contributed by atoms with Crippen molar-refractivity contribution in [3.05, 3.63) is 94.7 Å². The van der Waals surface area contributed by atoms with E-state index in [2.05, 4.69) is 20.4 Å². The lowest BCUT2D eigenvalue weighted by atomic mass is 10.0. The van der Waals surface area contributed by atoms with Crippen LogP contribution in [-0.2, 0) is 4.74 Å². The quantitative estimate of drug-likeness (QED) is 0.245. The molecule has 1 fully saturated rings. The second-order valence-electron chi connectivity index (χ2n) is 10.4. The number of pyridine rings is 2. The average molecular weight is 594 g/mol. The minimum atomic E-state index is -0.624. The summed E-state index contributed by atoms with van der Waals surface area (Å²) >= 11 is 0. The number of amides is 1. The molecule has 1 amide bonds. The number of hydrogen-bond donors (Lipinski definition) is 1. The number of ether oxygens (including phenoxy) is 4. The molecule has 0 unspecified atom stereocenters. The molecule has 0 bridgehead atoms. The summed E-state index contributed by atoms with van der Waals surface area (Å²) in [4.78, 5) is 35.7. The van der Waals surface area contributed by atoms with Crippen LogP contribution in [0.5, 0.6) is 23.1 Å². The van der Waals surface area contributed by atoms with Gasteiger partial charge in [-0.25, -0.2) is 4.98 Å². The maximum atomic E-state index is 13.6. The lowest BCUT2D eigenvalue weighted by molar-refractivity contribution is 0.0655. The average Bonchev–Trinajstić information content (AvgIpc) is 3.06. The van der Waals surface area contributed by atoms with E-state index in [0.717, 1.165) is 24.0 Å². The third-order valence-electron chi connectivity index (χ3n) is 7.49. The van der Waals surface area contributed by atoms with Crippen molar-refractivity contribution in [3.63, 3.8) is 0 Å². The van der Waals surface area contributed by atoms with Crippen molar-refractivity contribution >= 4 is 22.5 Å². The van der Waals surface area contributed by atoms with Gasteiger partial charge in [-0.15, -0.1) is 0 Å². The van der Waals surface area contributed by atoms with Crippen LogP contribution < -0.4 is 25.0 Å². The molecular weight excluding hydrogens is 562 g/mol. The number of methoxy groups -OCH3 is 2. The molecule has 0 spiro atoms. The van der Waals surface area contributed by atoms with Gasteiger partial charge in [-0.05, 0) is 43.5 Å². The van der Waals surface area contributed by atoms with Gasteiger partial charge in [0.05, 0.1) is 37.7 Å². The number of nitrogens with zero attached hydrogens (tertiary/aromatic N) is 4. The number of aromatic nitrogens is 4. The first-order chi connectivity index (χ1) is 21.4. The summed E-state index contributed by atoms with van der Waals surface area (Å²) in [5.74, 6) is 1.29. The maximum Gasteiger partial charge on any atom is 0.280 e. The first-order valence-electron chi connectivity index (χ1n) is 14.2. The molecule has 1 saturated heterocycles. The van der Waals surface area contributed by atoms with Crippen LogP contribution in [0, 0.1) is 6.92 Å². The molecule has 0 atom stereocenters. The summed E-state index contributed by atoms with van der Waals surface area (Å²) in [6.45, 7) is 3.17. The van der Waals surface area contributed by atoms with E-state index in [4.69, 9.17) is 18.9 Å². The molecule has 5 aromatic rings. The zero-order valence-corrected chi connectivity index (χ0v) is 24.6. The van der Waals surface area contributed by atoms with Gasteiger partial charge in [0, 0.05) is 48.7 Å². The molecule has 4 heterocycles. The maximum absolute atomic E-state index is 13.6. The Balaban J connectivity index is 1.26. The standard InChI is InChI=1S/C33H31N5O6/c1-20-4-6-21(7-5-20)25-19-38(23-11-14-43-15-12-23)37-31(32(25)39)33(40)36-22-8-9-30(35-18-22)44-27-10-13-34-26-17-29(42-3)28(41-2)16-24(26)27/h4-10,13,16-19,23H,11-12,14-15H2,1-3H3,(H,36,40). The summed E-state index contributed by atoms with van der Waals surface area (Å²) in [5, 5.41) is 7.97. The van der Waals surface area contributed by atoms with Crippen LogP contribution in [0.4, 0.5) is 5.69 Å². The van der Waals surface area contributed by atoms with Crippen LogP contribution in [0.15, 0.2) is 78.0 Å². The predicted octanol–water partition coefficient (Wildman–Crippen LogP) is 5.58. The minimum Gasteiger partial charge on any atom is -0.493 e. The van der Waals surface area contributed by atoms with Gasteiger partial charge >= 0.3 is 0 Å². The number of fused-ring (bicyclic) bond motifs is 1. The summed E-state index contributed by atoms with van der Waals surface area (Å²) in [6, 6.07) is 16.2. The first-order valence-corrected chi connectivity index (χ1v) is 14.2. The van der Waals surface area contributed by atoms with Crippen molar-refractivity contribution in [3.8, 4) is 34.3 Å². The highest BCUT2D eigenvalue weighted by Crippen LogP contribution is 2.36. The van der Waals surface area contributed by atoms with E-state index >= 15 is 0 Å². The van der Waals surface area contributed by atoms with Crippen LogP contribution in [0.25, 0.3) is 22.0 Å². The smallest absolute Gasteiger partial charge is 0.280 e. The fourth-order valence-electron chi connectivity index (χ4n) is 5.09. The molecule has 1 aliphatic rings. The Labute approximate surface area is 253 Å². The van der Waals surface area contributed by atoms with Crippen molar-refractivity contribution in [1.82, 2.24) is 19.7 Å². The number of aryl methyl sites for hydroxylation is 1. The SMILES string of the molecule is COc1cc2nccc(Oc3ccc(NC(=O)c4nn(C5CCOCC5)cc(-c5ccc(C)cc5)c4=O)cn3)c2cc1OC. The number of carbonyl (C=O) groups is 1. The third-order valence-corrected chi connectivity index (χ3v) is 7.49. The molecule has 6 rings (SSSR count). The van der Waals surface area contributed by atoms with Gasteiger partial charge in [-0.2, -0.15) is 5.10 Å². The van der Waals surface area contributed by atoms with E-state index in [1.54, 1.807) is 61.6 Å². The number of benzene rings is 2. The minimum absolute atomic E-state index is 0.0171. The zero-order chi connectivity index (χ0) is 30.6. The second-order valence-corrected chi connectivity index (χ2v) is 10.4. The van der Waals surface area contributed by atoms with Gasteiger partial charge in [0.2, 0.25) is 11.3 Å². The molecule has 0 aliphatic carbocycles. The number of anilines is 1. The molecule has 2 aromatic carbocycles. The van der Waals surface area contributed by atoms with Gasteiger partial charge in [0.25, 0.3) is 5.91 Å². The van der Waals surface area contributed by atoms with Gasteiger partial charge in [-0.3, -0.25) is 19.3 Å². The number of hydrogen-bond acceptors (Lipinski definition) is 9. The van der Waals surface area contributed by atoms with E-state index in [9.17, 15) is 9.59 Å². The fraction of sp³-hybridized carbons (Fsp3) is 0.242. The van der Waals surface area contributed by atoms with E-state index in [1.165, 1.54) is 6.20 Å². The van der Waals surface area contributed by atoms with Gasteiger partial charge in [-0.1, -0.05) is 29.8 Å². The lowest BCUT2D eigenvalue weighted by Gasteiger charge is -2.24. The van der Waals surface area contributed by atoms with Crippen LogP contribution in [0.3, 0.4) is 0 Å². The normalized spacial score (nSPS) is 13.4. The Bertz CT molecular complexity index is 1870. The summed E-state index contributed by atoms with van der Waals surface area (Å²) in [7, 11) is 3.12. The van der Waals surface area contributed by atoms with Gasteiger partial charge in [0.1, 0.15) is 5.75 Å². The molecule has 1 aliphatic heterocycles. The molecular formula is C33H31N5O6. The van der Waals surface area contributed by atoms with E-state index in [1.807, 2.05) is 31.2 Å². The molecule has 3 aromatic heterocycles. The van der Waals surface area contributed by atoms with Gasteiger partial charge in [0.15, 0.2) is 17.2 Å². The second kappa shape index (κ2) is 12.5. The topological polar surface area (TPSA) is 127 Å². The van der Waals surface area contributed by atoms with E-state index in [-0.39, 0.29) is 11.7 Å². The number of rotatable bonds is 8. The Hall–Kier alpha value is -5.29. The number of nitrogens with one attached hydrogen (secondary N) is 1. The molecule has 44 heavy (non-hydrogen) atoms. The monoisotopic (exact) mass is 593 g/mol. The Kier molecular flexibility index (Phi) is 8.20. The van der Waals surface area contributed by atoms with Crippen molar-refractivity contribution in [2.45, 2.75) is 25.8 Å². The Morgan fingerprint density at radius 1 is 0.955 bits per heavy atom. The third kappa shape index (κ3) is 5.95.